The van der Waals surface area contributed by atoms with E-state index in [4.69, 9.17) is 4.74 Å². The number of hydrogen-bond donors (Lipinski definition) is 1. The average molecular weight is 423 g/mol. The number of esters is 1. The van der Waals surface area contributed by atoms with E-state index in [1.807, 2.05) is 0 Å². The summed E-state index contributed by atoms with van der Waals surface area (Å²) in [6.07, 6.45) is 25.3. The lowest BCUT2D eigenvalue weighted by Crippen LogP contribution is -2.19. The third kappa shape index (κ3) is 19.7. The highest BCUT2D eigenvalue weighted by molar-refractivity contribution is 5.78. The fourth-order valence-electron chi connectivity index (χ4n) is 3.53. The summed E-state index contributed by atoms with van der Waals surface area (Å²) in [7, 11) is 0. The van der Waals surface area contributed by atoms with Crippen molar-refractivity contribution in [3.63, 3.8) is 0 Å². The topological polar surface area (TPSA) is 63.6 Å². The standard InChI is InChI=1S/C26H46O4/c1-3-5-6-7-8-9-10-11-12-13-14-15-16-17-18-19-20-21-24(26(28)29)23-25(27)30-22-4-2/h4,7-8,24H,2-3,5-6,9-23H2,1H3,(H,28,29)/b8-7+. The minimum Gasteiger partial charge on any atom is -0.481 e. The molecule has 4 nitrogen and oxygen atoms in total. The molecule has 0 aromatic carbocycles. The second kappa shape index (κ2) is 22.1. The van der Waals surface area contributed by atoms with E-state index in [9.17, 15) is 14.7 Å². The van der Waals surface area contributed by atoms with Gasteiger partial charge < -0.3 is 9.84 Å². The van der Waals surface area contributed by atoms with Gasteiger partial charge in [-0.2, -0.15) is 0 Å². The number of carboxylic acid groups (broad SMARTS) is 1. The molecule has 30 heavy (non-hydrogen) atoms. The van der Waals surface area contributed by atoms with Gasteiger partial charge in [0.15, 0.2) is 0 Å². The van der Waals surface area contributed by atoms with Gasteiger partial charge in [-0.05, 0) is 25.7 Å². The second-order valence-electron chi connectivity index (χ2n) is 8.29. The van der Waals surface area contributed by atoms with Crippen LogP contribution in [0.25, 0.3) is 0 Å². The van der Waals surface area contributed by atoms with Gasteiger partial charge in [-0.3, -0.25) is 9.59 Å². The van der Waals surface area contributed by atoms with Crippen LogP contribution in [0.3, 0.4) is 0 Å². The van der Waals surface area contributed by atoms with Crippen molar-refractivity contribution >= 4 is 11.9 Å². The van der Waals surface area contributed by atoms with Gasteiger partial charge in [0, 0.05) is 0 Å². The lowest BCUT2D eigenvalue weighted by Gasteiger charge is -2.11. The summed E-state index contributed by atoms with van der Waals surface area (Å²) in [4.78, 5) is 22.8. The molecule has 0 aromatic rings. The van der Waals surface area contributed by atoms with Gasteiger partial charge in [0.05, 0.1) is 12.3 Å². The van der Waals surface area contributed by atoms with Crippen LogP contribution in [0.4, 0.5) is 0 Å². The first-order chi connectivity index (χ1) is 14.6. The number of rotatable bonds is 22. The van der Waals surface area contributed by atoms with Crippen LogP contribution in [0.5, 0.6) is 0 Å². The van der Waals surface area contributed by atoms with Crippen LogP contribution in [-0.2, 0) is 14.3 Å². The number of aliphatic carboxylic acids is 1. The van der Waals surface area contributed by atoms with Crippen LogP contribution in [0, 0.1) is 5.92 Å². The summed E-state index contributed by atoms with van der Waals surface area (Å²) in [5, 5.41) is 9.25. The molecule has 0 heterocycles. The minimum absolute atomic E-state index is 0.0433. The minimum atomic E-state index is -0.905. The number of allylic oxidation sites excluding steroid dienone is 2. The van der Waals surface area contributed by atoms with Crippen molar-refractivity contribution < 1.29 is 19.4 Å². The van der Waals surface area contributed by atoms with E-state index in [1.54, 1.807) is 0 Å². The molecule has 0 bridgehead atoms. The van der Waals surface area contributed by atoms with Crippen molar-refractivity contribution in [1.82, 2.24) is 0 Å². The van der Waals surface area contributed by atoms with Crippen molar-refractivity contribution in [1.29, 1.82) is 0 Å². The molecule has 1 N–H and O–H groups in total. The van der Waals surface area contributed by atoms with E-state index in [2.05, 4.69) is 25.7 Å². The summed E-state index contributed by atoms with van der Waals surface area (Å²) in [5.41, 5.74) is 0. The molecule has 0 rings (SSSR count). The molecular formula is C26H46O4. The van der Waals surface area contributed by atoms with E-state index in [0.29, 0.717) is 6.42 Å². The van der Waals surface area contributed by atoms with Gasteiger partial charge in [0.25, 0.3) is 0 Å². The van der Waals surface area contributed by atoms with Crippen LogP contribution in [0.2, 0.25) is 0 Å². The molecule has 0 spiro atoms. The SMILES string of the molecule is C=CCOC(=O)CC(CCCCCCCCCCCCC/C=C/CCCC)C(=O)O. The first-order valence-electron chi connectivity index (χ1n) is 12.3. The molecule has 0 saturated carbocycles. The zero-order chi connectivity index (χ0) is 22.3. The monoisotopic (exact) mass is 422 g/mol. The Hall–Kier alpha value is -1.58. The number of ether oxygens (including phenoxy) is 1. The Kier molecular flexibility index (Phi) is 20.9. The number of carbonyl (C=O) groups is 2. The van der Waals surface area contributed by atoms with E-state index in [0.717, 1.165) is 19.3 Å². The van der Waals surface area contributed by atoms with Crippen LogP contribution in [-0.4, -0.2) is 23.7 Å². The molecule has 1 atom stereocenters. The Bertz CT molecular complexity index is 456. The van der Waals surface area contributed by atoms with Crippen molar-refractivity contribution in [2.45, 2.75) is 116 Å². The highest BCUT2D eigenvalue weighted by Crippen LogP contribution is 2.17. The van der Waals surface area contributed by atoms with E-state index >= 15 is 0 Å². The quantitative estimate of drug-likeness (QED) is 0.111. The van der Waals surface area contributed by atoms with Crippen LogP contribution in [0.1, 0.15) is 116 Å². The van der Waals surface area contributed by atoms with Crippen molar-refractivity contribution in [3.8, 4) is 0 Å². The number of carbonyl (C=O) groups excluding carboxylic acids is 1. The number of unbranched alkanes of at least 4 members (excludes halogenated alkanes) is 13. The molecule has 0 saturated heterocycles. The van der Waals surface area contributed by atoms with E-state index in [1.165, 1.54) is 83.1 Å². The maximum absolute atomic E-state index is 11.6. The summed E-state index contributed by atoms with van der Waals surface area (Å²) in [6.45, 7) is 5.85. The summed E-state index contributed by atoms with van der Waals surface area (Å²) in [6, 6.07) is 0. The highest BCUT2D eigenvalue weighted by atomic mass is 16.5. The predicted molar refractivity (Wildman–Crippen MR) is 126 cm³/mol. The van der Waals surface area contributed by atoms with Crippen molar-refractivity contribution in [2.75, 3.05) is 6.61 Å². The van der Waals surface area contributed by atoms with Crippen LogP contribution < -0.4 is 0 Å². The smallest absolute Gasteiger partial charge is 0.307 e. The van der Waals surface area contributed by atoms with Gasteiger partial charge in [-0.25, -0.2) is 0 Å². The fraction of sp³-hybridized carbons (Fsp3) is 0.769. The molecule has 0 amide bonds. The Morgan fingerprint density at radius 1 is 0.833 bits per heavy atom. The molecule has 0 aliphatic carbocycles. The predicted octanol–water partition coefficient (Wildman–Crippen LogP) is 7.62. The van der Waals surface area contributed by atoms with Gasteiger partial charge in [-0.1, -0.05) is 109 Å². The summed E-state index contributed by atoms with van der Waals surface area (Å²) < 4.78 is 4.89. The maximum atomic E-state index is 11.6. The largest absolute Gasteiger partial charge is 0.481 e. The third-order valence-corrected chi connectivity index (χ3v) is 5.44. The van der Waals surface area contributed by atoms with Gasteiger partial charge in [0.1, 0.15) is 6.61 Å². The Balaban J connectivity index is 3.45. The van der Waals surface area contributed by atoms with Crippen LogP contribution >= 0.6 is 0 Å². The fourth-order valence-corrected chi connectivity index (χ4v) is 3.53. The molecular weight excluding hydrogens is 376 g/mol. The molecule has 1 unspecified atom stereocenters. The molecule has 0 aromatic heterocycles. The molecule has 0 fully saturated rings. The van der Waals surface area contributed by atoms with Crippen LogP contribution in [0.15, 0.2) is 24.8 Å². The van der Waals surface area contributed by atoms with E-state index < -0.39 is 17.9 Å². The Morgan fingerprint density at radius 2 is 1.33 bits per heavy atom. The van der Waals surface area contributed by atoms with Crippen molar-refractivity contribution in [2.24, 2.45) is 5.92 Å². The molecule has 0 aliphatic rings. The maximum Gasteiger partial charge on any atom is 0.307 e. The molecule has 0 radical (unpaired) electrons. The average Bonchev–Trinajstić information content (AvgIpc) is 2.73. The lowest BCUT2D eigenvalue weighted by molar-refractivity contribution is -0.151. The first kappa shape index (κ1) is 28.4. The zero-order valence-corrected chi connectivity index (χ0v) is 19.4. The Labute approximate surface area is 185 Å². The first-order valence-corrected chi connectivity index (χ1v) is 12.3. The Morgan fingerprint density at radius 3 is 1.83 bits per heavy atom. The number of hydrogen-bond acceptors (Lipinski definition) is 3. The zero-order valence-electron chi connectivity index (χ0n) is 19.4. The summed E-state index contributed by atoms with van der Waals surface area (Å²) in [5.74, 6) is -1.99. The normalized spacial score (nSPS) is 12.2. The van der Waals surface area contributed by atoms with Gasteiger partial charge >= 0.3 is 11.9 Å². The van der Waals surface area contributed by atoms with Gasteiger partial charge in [-0.15, -0.1) is 0 Å². The molecule has 0 aliphatic heterocycles. The van der Waals surface area contributed by atoms with Crippen molar-refractivity contribution in [3.05, 3.63) is 24.8 Å². The third-order valence-electron chi connectivity index (χ3n) is 5.44. The lowest BCUT2D eigenvalue weighted by atomic mass is 9.97. The molecule has 4 heteroatoms. The highest BCUT2D eigenvalue weighted by Gasteiger charge is 2.21. The van der Waals surface area contributed by atoms with E-state index in [-0.39, 0.29) is 13.0 Å². The summed E-state index contributed by atoms with van der Waals surface area (Å²) >= 11 is 0. The van der Waals surface area contributed by atoms with Gasteiger partial charge in [0.2, 0.25) is 0 Å². The number of carboxylic acids is 1. The molecule has 174 valence electrons. The second-order valence-corrected chi connectivity index (χ2v) is 8.29.